The quantitative estimate of drug-likeness (QED) is 0.516. The Bertz CT molecular complexity index is 1330. The predicted molar refractivity (Wildman–Crippen MR) is 107 cm³/mol. The van der Waals surface area contributed by atoms with Crippen molar-refractivity contribution in [3.05, 3.63) is 46.5 Å². The topological polar surface area (TPSA) is 144 Å². The third-order valence-corrected chi connectivity index (χ3v) is 6.36. The predicted octanol–water partition coefficient (Wildman–Crippen LogP) is 0.486. The molecule has 2 aromatic heterocycles. The second kappa shape index (κ2) is 7.21. The van der Waals surface area contributed by atoms with E-state index in [1.165, 1.54) is 29.9 Å². The number of nitrogens with one attached hydrogen (secondary N) is 2. The summed E-state index contributed by atoms with van der Waals surface area (Å²) in [4.78, 5) is 22.4. The van der Waals surface area contributed by atoms with Gasteiger partial charge in [0.25, 0.3) is 5.56 Å². The van der Waals surface area contributed by atoms with Crippen LogP contribution in [0.25, 0.3) is 10.9 Å². The van der Waals surface area contributed by atoms with Gasteiger partial charge < -0.3 is 0 Å². The lowest BCUT2D eigenvalue weighted by Crippen LogP contribution is -2.35. The van der Waals surface area contributed by atoms with Gasteiger partial charge in [-0.25, -0.2) is 18.9 Å². The van der Waals surface area contributed by atoms with Gasteiger partial charge in [0, 0.05) is 18.8 Å². The van der Waals surface area contributed by atoms with Crippen LogP contribution in [-0.4, -0.2) is 40.4 Å². The van der Waals surface area contributed by atoms with E-state index in [0.29, 0.717) is 18.4 Å². The normalized spacial score (nSPS) is 15.1. The van der Waals surface area contributed by atoms with E-state index >= 15 is 0 Å². The zero-order chi connectivity index (χ0) is 21.5. The lowest BCUT2D eigenvalue weighted by molar-refractivity contribution is 0.264. The van der Waals surface area contributed by atoms with Crippen molar-refractivity contribution in [1.82, 2.24) is 24.1 Å². The van der Waals surface area contributed by atoms with Crippen molar-refractivity contribution in [2.24, 2.45) is 7.05 Å². The first kappa shape index (κ1) is 20.0. The Kier molecular flexibility index (Phi) is 4.81. The lowest BCUT2D eigenvalue weighted by Gasteiger charge is -2.14. The Balaban J connectivity index is 1.81. The summed E-state index contributed by atoms with van der Waals surface area (Å²) in [6, 6.07) is 6.07. The molecule has 11 nitrogen and oxygen atoms in total. The van der Waals surface area contributed by atoms with Crippen molar-refractivity contribution in [2.75, 3.05) is 12.6 Å². The average Bonchev–Trinajstić information content (AvgIpc) is 3.35. The zero-order valence-electron chi connectivity index (χ0n) is 16.3. The summed E-state index contributed by atoms with van der Waals surface area (Å²) in [6.45, 7) is 0.161. The van der Waals surface area contributed by atoms with Crippen LogP contribution < -0.4 is 15.8 Å². The van der Waals surface area contributed by atoms with Crippen LogP contribution in [0.5, 0.6) is 0 Å². The standard InChI is InChI=1S/C18H19N7O4S/c1-24-9-12(8-20-24)10-25-16(26)14-7-13(3-4-15(14)21-17(25)22-29-2)30(27,28)23-18(11-19)5-6-18/h3-4,7-9,23H,5-6,10H2,1-2H3,(H,21,22). The monoisotopic (exact) mass is 429 g/mol. The van der Waals surface area contributed by atoms with E-state index < -0.39 is 21.1 Å². The van der Waals surface area contributed by atoms with Crippen LogP contribution in [0, 0.1) is 11.3 Å². The molecule has 1 saturated carbocycles. The fourth-order valence-corrected chi connectivity index (χ4v) is 4.50. The fourth-order valence-electron chi connectivity index (χ4n) is 3.10. The molecule has 2 heterocycles. The number of hydrogen-bond acceptors (Lipinski definition) is 8. The molecule has 1 aliphatic rings. The third-order valence-electron chi connectivity index (χ3n) is 4.82. The number of rotatable bonds is 7. The molecule has 1 fully saturated rings. The molecule has 30 heavy (non-hydrogen) atoms. The molecular weight excluding hydrogens is 410 g/mol. The van der Waals surface area contributed by atoms with Gasteiger partial charge in [0.05, 0.1) is 41.7 Å². The average molecular weight is 429 g/mol. The van der Waals surface area contributed by atoms with Crippen molar-refractivity contribution in [3.63, 3.8) is 0 Å². The molecule has 0 spiro atoms. The van der Waals surface area contributed by atoms with Gasteiger partial charge in [-0.3, -0.25) is 18.9 Å². The van der Waals surface area contributed by atoms with E-state index in [4.69, 9.17) is 4.84 Å². The highest BCUT2D eigenvalue weighted by molar-refractivity contribution is 7.89. The maximum atomic E-state index is 13.2. The lowest BCUT2D eigenvalue weighted by atomic mass is 10.2. The third kappa shape index (κ3) is 3.65. The zero-order valence-corrected chi connectivity index (χ0v) is 17.1. The molecule has 12 heteroatoms. The highest BCUT2D eigenvalue weighted by Crippen LogP contribution is 2.36. The van der Waals surface area contributed by atoms with Gasteiger partial charge in [0.1, 0.15) is 5.54 Å². The van der Waals surface area contributed by atoms with E-state index in [-0.39, 0.29) is 22.8 Å². The summed E-state index contributed by atoms with van der Waals surface area (Å²) in [5, 5.41) is 13.4. The van der Waals surface area contributed by atoms with Gasteiger partial charge in [0.15, 0.2) is 0 Å². The van der Waals surface area contributed by atoms with E-state index in [0.717, 1.165) is 5.56 Å². The number of sulfonamides is 1. The van der Waals surface area contributed by atoms with Gasteiger partial charge in [0.2, 0.25) is 16.0 Å². The Morgan fingerprint density at radius 2 is 2.13 bits per heavy atom. The van der Waals surface area contributed by atoms with Crippen molar-refractivity contribution in [2.45, 2.75) is 29.8 Å². The molecule has 0 atom stereocenters. The van der Waals surface area contributed by atoms with E-state index in [1.54, 1.807) is 24.1 Å². The molecule has 1 aliphatic carbocycles. The summed E-state index contributed by atoms with van der Waals surface area (Å²) in [5.41, 5.74) is 2.15. The fraction of sp³-hybridized carbons (Fsp3) is 0.333. The second-order valence-electron chi connectivity index (χ2n) is 7.13. The molecule has 2 N–H and O–H groups in total. The Labute approximate surface area is 171 Å². The van der Waals surface area contributed by atoms with Crippen LogP contribution in [-0.2, 0) is 28.5 Å². The number of hydrogen-bond donors (Lipinski definition) is 2. The maximum Gasteiger partial charge on any atom is 0.263 e. The highest BCUT2D eigenvalue weighted by Gasteiger charge is 2.46. The molecule has 0 unspecified atom stereocenters. The molecule has 1 aromatic carbocycles. The number of nitrogens with zero attached hydrogens (tertiary/aromatic N) is 5. The summed E-state index contributed by atoms with van der Waals surface area (Å²) in [5.74, 6) is 0.175. The van der Waals surface area contributed by atoms with Crippen LogP contribution >= 0.6 is 0 Å². The minimum Gasteiger partial charge on any atom is -0.277 e. The second-order valence-corrected chi connectivity index (χ2v) is 8.82. The van der Waals surface area contributed by atoms with Gasteiger partial charge in [-0.1, -0.05) is 0 Å². The number of aryl methyl sites for hydroxylation is 1. The molecule has 156 valence electrons. The van der Waals surface area contributed by atoms with Crippen molar-refractivity contribution in [1.29, 1.82) is 5.26 Å². The molecule has 0 aliphatic heterocycles. The maximum absolute atomic E-state index is 13.2. The minimum atomic E-state index is -3.97. The molecule has 0 radical (unpaired) electrons. The molecule has 4 rings (SSSR count). The van der Waals surface area contributed by atoms with E-state index in [1.807, 2.05) is 6.07 Å². The Hall–Kier alpha value is -3.27. The molecule has 3 aromatic rings. The summed E-state index contributed by atoms with van der Waals surface area (Å²) in [7, 11) is -0.808. The number of benzene rings is 1. The number of fused-ring (bicyclic) bond motifs is 1. The van der Waals surface area contributed by atoms with Crippen LogP contribution in [0.1, 0.15) is 18.4 Å². The number of anilines is 1. The minimum absolute atomic E-state index is 0.101. The number of nitriles is 1. The van der Waals surface area contributed by atoms with Gasteiger partial charge in [-0.05, 0) is 31.0 Å². The molecule has 0 bridgehead atoms. The van der Waals surface area contributed by atoms with Crippen LogP contribution in [0.2, 0.25) is 0 Å². The van der Waals surface area contributed by atoms with Crippen molar-refractivity contribution < 1.29 is 13.3 Å². The smallest absolute Gasteiger partial charge is 0.263 e. The summed E-state index contributed by atoms with van der Waals surface area (Å²) in [6.07, 6.45) is 4.30. The first-order chi connectivity index (χ1) is 14.3. The summed E-state index contributed by atoms with van der Waals surface area (Å²) >= 11 is 0. The van der Waals surface area contributed by atoms with Crippen LogP contribution in [0.3, 0.4) is 0 Å². The molecule has 0 amide bonds. The largest absolute Gasteiger partial charge is 0.277 e. The van der Waals surface area contributed by atoms with Gasteiger partial charge >= 0.3 is 0 Å². The van der Waals surface area contributed by atoms with Gasteiger partial charge in [-0.15, -0.1) is 0 Å². The van der Waals surface area contributed by atoms with E-state index in [2.05, 4.69) is 20.3 Å². The SMILES string of the molecule is CONc1nc2ccc(S(=O)(=O)NC3(C#N)CC3)cc2c(=O)n1Cc1cnn(C)c1. The first-order valence-corrected chi connectivity index (χ1v) is 10.5. The Morgan fingerprint density at radius 3 is 2.73 bits per heavy atom. The first-order valence-electron chi connectivity index (χ1n) is 9.03. The molecule has 0 saturated heterocycles. The number of aromatic nitrogens is 4. The Morgan fingerprint density at radius 1 is 1.37 bits per heavy atom. The van der Waals surface area contributed by atoms with Crippen molar-refractivity contribution in [3.8, 4) is 6.07 Å². The summed E-state index contributed by atoms with van der Waals surface area (Å²) < 4.78 is 30.8. The molecular formula is C18H19N7O4S. The highest BCUT2D eigenvalue weighted by atomic mass is 32.2. The van der Waals surface area contributed by atoms with Gasteiger partial charge in [-0.2, -0.15) is 15.1 Å². The van der Waals surface area contributed by atoms with E-state index in [9.17, 15) is 18.5 Å². The van der Waals surface area contributed by atoms with Crippen LogP contribution in [0.15, 0.2) is 40.3 Å². The van der Waals surface area contributed by atoms with Crippen LogP contribution in [0.4, 0.5) is 5.95 Å². The van der Waals surface area contributed by atoms with Crippen molar-refractivity contribution >= 4 is 26.9 Å².